The largest absolute Gasteiger partial charge is 0.481 e. The Balaban J connectivity index is 1.77. The summed E-state index contributed by atoms with van der Waals surface area (Å²) in [5, 5.41) is 12.3. The van der Waals surface area contributed by atoms with Crippen molar-refractivity contribution in [1.82, 2.24) is 15.1 Å². The molecule has 2 rings (SSSR count). The topological polar surface area (TPSA) is 107 Å². The lowest BCUT2D eigenvalue weighted by Crippen LogP contribution is -2.48. The van der Waals surface area contributed by atoms with Crippen molar-refractivity contribution in [1.29, 1.82) is 0 Å². The van der Waals surface area contributed by atoms with Crippen LogP contribution in [0.4, 0.5) is 0 Å². The Bertz CT molecular complexity index is 480. The van der Waals surface area contributed by atoms with Crippen molar-refractivity contribution in [3.63, 3.8) is 0 Å². The van der Waals surface area contributed by atoms with Crippen LogP contribution in [0.1, 0.15) is 25.7 Å². The molecule has 0 atom stereocenters. The average molecular weight is 325 g/mol. The first-order chi connectivity index (χ1) is 11.0. The monoisotopic (exact) mass is 325 g/mol. The van der Waals surface area contributed by atoms with Crippen LogP contribution in [0.15, 0.2) is 0 Å². The number of rotatable bonds is 5. The standard InChI is InChI=1S/C15H23N3O5/c19-11-15(14(22)23)3-7-17(8-4-15)12(20)1-2-13(21)18-9-5-16-6-10-18/h11,16H,1-10H2,(H,22,23). The molecule has 0 aromatic carbocycles. The van der Waals surface area contributed by atoms with Crippen LogP contribution in [0.5, 0.6) is 0 Å². The summed E-state index contributed by atoms with van der Waals surface area (Å²) < 4.78 is 0. The maximum absolute atomic E-state index is 12.2. The number of carbonyl (C=O) groups excluding carboxylic acids is 3. The van der Waals surface area contributed by atoms with Crippen LogP contribution in [0.25, 0.3) is 0 Å². The highest BCUT2D eigenvalue weighted by atomic mass is 16.4. The van der Waals surface area contributed by atoms with Crippen LogP contribution in [-0.4, -0.2) is 78.2 Å². The minimum Gasteiger partial charge on any atom is -0.481 e. The zero-order valence-electron chi connectivity index (χ0n) is 13.1. The lowest BCUT2D eigenvalue weighted by atomic mass is 9.80. The van der Waals surface area contributed by atoms with E-state index in [0.29, 0.717) is 19.4 Å². The summed E-state index contributed by atoms with van der Waals surface area (Å²) in [6.07, 6.45) is 1.04. The number of amides is 2. The molecule has 2 amide bonds. The molecule has 0 aromatic rings. The molecule has 2 fully saturated rings. The van der Waals surface area contributed by atoms with Gasteiger partial charge in [-0.05, 0) is 12.8 Å². The van der Waals surface area contributed by atoms with Crippen LogP contribution in [0.3, 0.4) is 0 Å². The molecule has 8 nitrogen and oxygen atoms in total. The first-order valence-electron chi connectivity index (χ1n) is 7.94. The summed E-state index contributed by atoms with van der Waals surface area (Å²) in [7, 11) is 0. The second-order valence-corrected chi connectivity index (χ2v) is 6.09. The Kier molecular flexibility index (Phi) is 5.70. The van der Waals surface area contributed by atoms with Crippen molar-refractivity contribution in [2.75, 3.05) is 39.3 Å². The van der Waals surface area contributed by atoms with Crippen molar-refractivity contribution < 1.29 is 24.3 Å². The van der Waals surface area contributed by atoms with E-state index in [-0.39, 0.29) is 50.6 Å². The van der Waals surface area contributed by atoms with Crippen molar-refractivity contribution >= 4 is 24.1 Å². The van der Waals surface area contributed by atoms with E-state index in [0.717, 1.165) is 13.1 Å². The number of aldehydes is 1. The molecule has 128 valence electrons. The number of hydrogen-bond acceptors (Lipinski definition) is 5. The van der Waals surface area contributed by atoms with E-state index in [1.807, 2.05) is 0 Å². The molecule has 0 spiro atoms. The Morgan fingerprint density at radius 3 is 1.87 bits per heavy atom. The second-order valence-electron chi connectivity index (χ2n) is 6.09. The average Bonchev–Trinajstić information content (AvgIpc) is 2.60. The highest BCUT2D eigenvalue weighted by Crippen LogP contribution is 2.29. The van der Waals surface area contributed by atoms with Gasteiger partial charge in [-0.3, -0.25) is 14.4 Å². The zero-order chi connectivity index (χ0) is 16.9. The van der Waals surface area contributed by atoms with Gasteiger partial charge >= 0.3 is 5.97 Å². The fourth-order valence-electron chi connectivity index (χ4n) is 2.98. The molecular formula is C15H23N3O5. The van der Waals surface area contributed by atoms with Gasteiger partial charge in [-0.1, -0.05) is 0 Å². The summed E-state index contributed by atoms with van der Waals surface area (Å²) in [5.74, 6) is -1.31. The smallest absolute Gasteiger partial charge is 0.317 e. The number of piperidine rings is 1. The highest BCUT2D eigenvalue weighted by Gasteiger charge is 2.42. The molecule has 0 bridgehead atoms. The Morgan fingerprint density at radius 2 is 1.43 bits per heavy atom. The van der Waals surface area contributed by atoms with Gasteiger partial charge in [-0.25, -0.2) is 0 Å². The molecule has 8 heteroatoms. The van der Waals surface area contributed by atoms with Crippen molar-refractivity contribution in [3.05, 3.63) is 0 Å². The molecular weight excluding hydrogens is 302 g/mol. The molecule has 0 unspecified atom stereocenters. The highest BCUT2D eigenvalue weighted by molar-refractivity contribution is 5.92. The molecule has 0 saturated carbocycles. The maximum Gasteiger partial charge on any atom is 0.317 e. The van der Waals surface area contributed by atoms with Gasteiger partial charge in [0.15, 0.2) is 0 Å². The van der Waals surface area contributed by atoms with E-state index >= 15 is 0 Å². The Morgan fingerprint density at radius 1 is 0.957 bits per heavy atom. The summed E-state index contributed by atoms with van der Waals surface area (Å²) >= 11 is 0. The van der Waals surface area contributed by atoms with Gasteiger partial charge < -0.3 is 25.0 Å². The number of aliphatic carboxylic acids is 1. The molecule has 0 aromatic heterocycles. The quantitative estimate of drug-likeness (QED) is 0.501. The number of carboxylic acid groups (broad SMARTS) is 1. The van der Waals surface area contributed by atoms with E-state index in [1.165, 1.54) is 0 Å². The fourth-order valence-corrected chi connectivity index (χ4v) is 2.98. The molecule has 2 aliphatic rings. The van der Waals surface area contributed by atoms with Gasteiger partial charge in [0.25, 0.3) is 0 Å². The predicted molar refractivity (Wildman–Crippen MR) is 80.6 cm³/mol. The van der Waals surface area contributed by atoms with Crippen LogP contribution in [-0.2, 0) is 19.2 Å². The van der Waals surface area contributed by atoms with E-state index < -0.39 is 11.4 Å². The third-order valence-electron chi connectivity index (χ3n) is 4.68. The number of hydrogen-bond donors (Lipinski definition) is 2. The second kappa shape index (κ2) is 7.54. The minimum atomic E-state index is -1.37. The summed E-state index contributed by atoms with van der Waals surface area (Å²) in [5.41, 5.74) is -1.37. The molecule has 2 N–H and O–H groups in total. The van der Waals surface area contributed by atoms with E-state index in [1.54, 1.807) is 9.80 Å². The van der Waals surface area contributed by atoms with Gasteiger partial charge in [0.2, 0.25) is 11.8 Å². The normalized spacial score (nSPS) is 20.9. The van der Waals surface area contributed by atoms with Crippen molar-refractivity contribution in [2.45, 2.75) is 25.7 Å². The van der Waals surface area contributed by atoms with Gasteiger partial charge in [-0.15, -0.1) is 0 Å². The van der Waals surface area contributed by atoms with E-state index in [9.17, 15) is 19.2 Å². The third-order valence-corrected chi connectivity index (χ3v) is 4.68. The first-order valence-corrected chi connectivity index (χ1v) is 7.94. The van der Waals surface area contributed by atoms with Gasteiger partial charge in [0.1, 0.15) is 11.7 Å². The fraction of sp³-hybridized carbons (Fsp3) is 0.733. The van der Waals surface area contributed by atoms with Crippen molar-refractivity contribution in [2.24, 2.45) is 5.41 Å². The number of carboxylic acids is 1. The van der Waals surface area contributed by atoms with Gasteiger partial charge in [0.05, 0.1) is 0 Å². The van der Waals surface area contributed by atoms with Crippen molar-refractivity contribution in [3.8, 4) is 0 Å². The summed E-state index contributed by atoms with van der Waals surface area (Å²) in [6.45, 7) is 3.36. The zero-order valence-corrected chi connectivity index (χ0v) is 13.1. The number of piperazine rings is 1. The number of likely N-dealkylation sites (tertiary alicyclic amines) is 1. The van der Waals surface area contributed by atoms with Gasteiger partial charge in [0, 0.05) is 52.1 Å². The minimum absolute atomic E-state index is 0.0235. The molecule has 23 heavy (non-hydrogen) atoms. The number of carbonyl (C=O) groups is 4. The van der Waals surface area contributed by atoms with Gasteiger partial charge in [-0.2, -0.15) is 0 Å². The molecule has 0 radical (unpaired) electrons. The van der Waals surface area contributed by atoms with E-state index in [2.05, 4.69) is 5.32 Å². The Labute approximate surface area is 134 Å². The lowest BCUT2D eigenvalue weighted by Gasteiger charge is -2.35. The summed E-state index contributed by atoms with van der Waals surface area (Å²) in [4.78, 5) is 49.7. The molecule has 2 aliphatic heterocycles. The van der Waals surface area contributed by atoms with Crippen LogP contribution >= 0.6 is 0 Å². The molecule has 2 heterocycles. The SMILES string of the molecule is O=CC1(C(=O)O)CCN(C(=O)CCC(=O)N2CCNCC2)CC1. The molecule has 2 saturated heterocycles. The first kappa shape index (κ1) is 17.4. The Hall–Kier alpha value is -1.96. The van der Waals surface area contributed by atoms with Crippen LogP contribution < -0.4 is 5.32 Å². The molecule has 0 aliphatic carbocycles. The lowest BCUT2D eigenvalue weighted by molar-refractivity contribution is -0.156. The number of nitrogens with one attached hydrogen (secondary N) is 1. The number of nitrogens with zero attached hydrogens (tertiary/aromatic N) is 2. The predicted octanol–water partition coefficient (Wildman–Crippen LogP) is -0.909. The summed E-state index contributed by atoms with van der Waals surface area (Å²) in [6, 6.07) is 0. The van der Waals surface area contributed by atoms with E-state index in [4.69, 9.17) is 5.11 Å². The van der Waals surface area contributed by atoms with Crippen LogP contribution in [0, 0.1) is 5.41 Å². The van der Waals surface area contributed by atoms with Crippen LogP contribution in [0.2, 0.25) is 0 Å². The third kappa shape index (κ3) is 4.07. The maximum atomic E-state index is 12.2.